The van der Waals surface area contributed by atoms with Crippen LogP contribution in [0.25, 0.3) is 5.00 Å². The zero-order valence-electron chi connectivity index (χ0n) is 17.1. The highest BCUT2D eigenvalue weighted by molar-refractivity contribution is 7.15. The van der Waals surface area contributed by atoms with Gasteiger partial charge in [-0.1, -0.05) is 30.1 Å². The van der Waals surface area contributed by atoms with Gasteiger partial charge in [-0.15, -0.1) is 21.5 Å². The third kappa shape index (κ3) is 3.38. The van der Waals surface area contributed by atoms with Crippen LogP contribution < -0.4 is 4.67 Å². The van der Waals surface area contributed by atoms with Gasteiger partial charge in [-0.25, -0.2) is 0 Å². The van der Waals surface area contributed by atoms with E-state index in [-0.39, 0.29) is 18.1 Å². The first-order chi connectivity index (χ1) is 13.8. The van der Waals surface area contributed by atoms with Gasteiger partial charge < -0.3 is 0 Å². The number of Topliss-reactive ketones (excluding diaryl/α,β-unsaturated/α-hetero) is 1. The first kappa shape index (κ1) is 19.8. The lowest BCUT2D eigenvalue weighted by Gasteiger charge is -2.04. The Bertz CT molecular complexity index is 1190. The lowest BCUT2D eigenvalue weighted by molar-refractivity contribution is -0.120. The highest BCUT2D eigenvalue weighted by atomic mass is 35.5. The number of aryl methyl sites for hydroxylation is 2. The third-order valence-electron chi connectivity index (χ3n) is 5.24. The van der Waals surface area contributed by atoms with Crippen LogP contribution in [0.4, 0.5) is 0 Å². The molecule has 7 heteroatoms. The van der Waals surface area contributed by atoms with Gasteiger partial charge in [-0.05, 0) is 50.6 Å². The molecule has 0 N–H and O–H groups in total. The number of rotatable bonds is 4. The highest BCUT2D eigenvalue weighted by Gasteiger charge is 2.37. The predicted molar refractivity (Wildman–Crippen MR) is 119 cm³/mol. The molecule has 1 aromatic carbocycles. The van der Waals surface area contributed by atoms with Crippen LogP contribution in [-0.4, -0.2) is 32.0 Å². The maximum atomic E-state index is 12.6. The molecule has 2 aromatic heterocycles. The summed E-state index contributed by atoms with van der Waals surface area (Å²) in [5.41, 5.74) is 4.69. The van der Waals surface area contributed by atoms with E-state index in [0.717, 1.165) is 27.7 Å². The minimum atomic E-state index is -0.0736. The number of hydrogen-bond donors (Lipinski definition) is 0. The van der Waals surface area contributed by atoms with Gasteiger partial charge in [-0.2, -0.15) is 0 Å². The largest absolute Gasteiger partial charge is 0.356 e. The molecule has 0 unspecified atom stereocenters. The molecule has 0 saturated heterocycles. The summed E-state index contributed by atoms with van der Waals surface area (Å²) in [7, 11) is 0. The maximum absolute atomic E-state index is 12.6. The van der Waals surface area contributed by atoms with Crippen molar-refractivity contribution >= 4 is 40.1 Å². The summed E-state index contributed by atoms with van der Waals surface area (Å²) < 4.78 is 7.06. The average Bonchev–Trinajstić information content (AvgIpc) is 3.15. The fraction of sp³-hybridized carbons (Fsp3) is 0.318. The maximum Gasteiger partial charge on any atom is 0.356 e. The van der Waals surface area contributed by atoms with Crippen LogP contribution in [-0.2, 0) is 4.79 Å². The second-order valence-corrected chi connectivity index (χ2v) is 9.22. The second kappa shape index (κ2) is 7.38. The molecule has 0 atom stereocenters. The average molecular weight is 426 g/mol. The SMILES string of the molecule is Cc1sc2c(c1C)C(c1ccc(Cl)cc1)=[N+]=C(CC(=O)C(C)C)c1nnc(C)n1-2. The summed E-state index contributed by atoms with van der Waals surface area (Å²) in [6, 6.07) is 7.67. The van der Waals surface area contributed by atoms with E-state index in [4.69, 9.17) is 16.3 Å². The van der Waals surface area contributed by atoms with Crippen molar-refractivity contribution in [2.45, 2.75) is 41.0 Å². The van der Waals surface area contributed by atoms with Crippen LogP contribution in [0.3, 0.4) is 0 Å². The van der Waals surface area contributed by atoms with E-state index in [1.807, 2.05) is 49.6 Å². The van der Waals surface area contributed by atoms with Crippen LogP contribution in [0, 0.1) is 26.7 Å². The molecule has 0 aliphatic carbocycles. The molecule has 1 aliphatic heterocycles. The van der Waals surface area contributed by atoms with E-state index >= 15 is 0 Å². The summed E-state index contributed by atoms with van der Waals surface area (Å²) in [4.78, 5) is 13.8. The van der Waals surface area contributed by atoms with Gasteiger partial charge in [0.2, 0.25) is 5.82 Å². The number of aromatic nitrogens is 3. The Hall–Kier alpha value is -2.53. The third-order valence-corrected chi connectivity index (χ3v) is 6.68. The Morgan fingerprint density at radius 2 is 1.86 bits per heavy atom. The smallest absolute Gasteiger partial charge is 0.299 e. The van der Waals surface area contributed by atoms with Crippen molar-refractivity contribution in [2.24, 2.45) is 5.92 Å². The molecule has 148 valence electrons. The van der Waals surface area contributed by atoms with Crippen LogP contribution >= 0.6 is 22.9 Å². The lowest BCUT2D eigenvalue weighted by Crippen LogP contribution is -2.20. The Morgan fingerprint density at radius 3 is 2.52 bits per heavy atom. The van der Waals surface area contributed by atoms with Crippen molar-refractivity contribution < 1.29 is 4.79 Å². The molecule has 0 fully saturated rings. The molecule has 0 bridgehead atoms. The van der Waals surface area contributed by atoms with Crippen LogP contribution in [0.1, 0.15) is 53.5 Å². The topological polar surface area (TPSA) is 61.9 Å². The van der Waals surface area contributed by atoms with E-state index in [9.17, 15) is 4.79 Å². The molecule has 1 aliphatic rings. The molecule has 0 radical (unpaired) electrons. The number of ketones is 1. The van der Waals surface area contributed by atoms with Gasteiger partial charge in [0, 0.05) is 15.8 Å². The fourth-order valence-corrected chi connectivity index (χ4v) is 4.72. The summed E-state index contributed by atoms with van der Waals surface area (Å²) in [6.07, 6.45) is 0.222. The molecule has 0 amide bonds. The van der Waals surface area contributed by atoms with Crippen LogP contribution in [0.5, 0.6) is 0 Å². The number of halogens is 1. The summed E-state index contributed by atoms with van der Waals surface area (Å²) in [6.45, 7) is 9.97. The Kier molecular flexibility index (Phi) is 5.03. The monoisotopic (exact) mass is 425 g/mol. The minimum Gasteiger partial charge on any atom is -0.299 e. The Morgan fingerprint density at radius 1 is 1.17 bits per heavy atom. The van der Waals surface area contributed by atoms with Crippen molar-refractivity contribution in [3.8, 4) is 5.00 Å². The lowest BCUT2D eigenvalue weighted by atomic mass is 10.00. The van der Waals surface area contributed by atoms with Crippen molar-refractivity contribution in [3.63, 3.8) is 0 Å². The Balaban J connectivity index is 2.07. The highest BCUT2D eigenvalue weighted by Crippen LogP contribution is 2.35. The van der Waals surface area contributed by atoms with E-state index in [0.29, 0.717) is 16.6 Å². The number of carbonyl (C=O) groups is 1. The Labute approximate surface area is 178 Å². The molecule has 3 aromatic rings. The van der Waals surface area contributed by atoms with Crippen molar-refractivity contribution in [3.05, 3.63) is 62.5 Å². The van der Waals surface area contributed by atoms with Gasteiger partial charge in [0.1, 0.15) is 28.6 Å². The number of nitrogens with zero attached hydrogens (tertiary/aromatic N) is 4. The van der Waals surface area contributed by atoms with Gasteiger partial charge >= 0.3 is 11.4 Å². The zero-order chi connectivity index (χ0) is 20.9. The van der Waals surface area contributed by atoms with Crippen molar-refractivity contribution in [2.75, 3.05) is 0 Å². The summed E-state index contributed by atoms with van der Waals surface area (Å²) in [5, 5.41) is 10.4. The molecule has 0 saturated carbocycles. The van der Waals surface area contributed by atoms with Gasteiger partial charge in [0.05, 0.1) is 5.56 Å². The van der Waals surface area contributed by atoms with E-state index in [1.54, 1.807) is 11.3 Å². The molecule has 4 rings (SSSR count). The molecule has 0 spiro atoms. The summed E-state index contributed by atoms with van der Waals surface area (Å²) in [5.74, 6) is 1.48. The number of carbonyl (C=O) groups excluding carboxylic acids is 1. The van der Waals surface area contributed by atoms with Crippen molar-refractivity contribution in [1.82, 2.24) is 19.4 Å². The normalized spacial score (nSPS) is 12.9. The van der Waals surface area contributed by atoms with Crippen LogP contribution in [0.2, 0.25) is 5.02 Å². The van der Waals surface area contributed by atoms with E-state index in [1.165, 1.54) is 10.4 Å². The molecule has 5 nitrogen and oxygen atoms in total. The van der Waals surface area contributed by atoms with E-state index in [2.05, 4.69) is 24.0 Å². The fourth-order valence-electron chi connectivity index (χ4n) is 3.38. The standard InChI is InChI=1S/C22H22ClN4OS/c1-11(2)18(28)10-17-21-26-25-14(5)27(21)22-19(12(3)13(4)29-22)20(24-17)15-6-8-16(23)9-7-15/h6-9,11H,10H2,1-5H3/q+1. The minimum absolute atomic E-state index is 0.0736. The molecule has 29 heavy (non-hydrogen) atoms. The number of hydrogen-bond acceptors (Lipinski definition) is 4. The predicted octanol–water partition coefficient (Wildman–Crippen LogP) is 4.23. The van der Waals surface area contributed by atoms with Crippen molar-refractivity contribution in [1.29, 1.82) is 0 Å². The second-order valence-electron chi connectivity index (χ2n) is 7.58. The van der Waals surface area contributed by atoms with Crippen LogP contribution in [0.15, 0.2) is 24.3 Å². The first-order valence-corrected chi connectivity index (χ1v) is 10.7. The molecule has 3 heterocycles. The van der Waals surface area contributed by atoms with Gasteiger partial charge in [0.25, 0.3) is 0 Å². The number of fused-ring (bicyclic) bond motifs is 3. The van der Waals surface area contributed by atoms with Gasteiger partial charge in [0.15, 0.2) is 0 Å². The number of benzene rings is 1. The number of thiophene rings is 1. The quantitative estimate of drug-likeness (QED) is 0.587. The zero-order valence-corrected chi connectivity index (χ0v) is 18.6. The van der Waals surface area contributed by atoms with E-state index < -0.39 is 0 Å². The first-order valence-electron chi connectivity index (χ1n) is 9.54. The summed E-state index contributed by atoms with van der Waals surface area (Å²) >= 11 is 7.82. The molecular weight excluding hydrogens is 404 g/mol. The molecular formula is C22H22ClN4OS+. The van der Waals surface area contributed by atoms with Gasteiger partial charge in [-0.3, -0.25) is 9.36 Å².